The van der Waals surface area contributed by atoms with Crippen molar-refractivity contribution in [3.8, 4) is 0 Å². The number of hydrogen-bond donors (Lipinski definition) is 1. The van der Waals surface area contributed by atoms with Crippen LogP contribution in [0.1, 0.15) is 11.1 Å². The van der Waals surface area contributed by atoms with Gasteiger partial charge in [0.15, 0.2) is 0 Å². The van der Waals surface area contributed by atoms with Gasteiger partial charge in [-0.15, -0.1) is 0 Å². The van der Waals surface area contributed by atoms with Gasteiger partial charge in [0.25, 0.3) is 5.69 Å². The van der Waals surface area contributed by atoms with Crippen molar-refractivity contribution in [2.45, 2.75) is 13.3 Å². The molecular weight excluding hydrogens is 220 g/mol. The first kappa shape index (κ1) is 13.6. The molecule has 0 fully saturated rings. The predicted octanol–water partition coefficient (Wildman–Crippen LogP) is 1.68. The van der Waals surface area contributed by atoms with Gasteiger partial charge in [-0.3, -0.25) is 10.1 Å². The number of nitro benzene ring substituents is 1. The third kappa shape index (κ3) is 4.13. The molecule has 0 spiro atoms. The average Bonchev–Trinajstić information content (AvgIpc) is 2.30. The summed E-state index contributed by atoms with van der Waals surface area (Å²) in [6, 6.07) is 5.20. The minimum atomic E-state index is -0.336. The lowest BCUT2D eigenvalue weighted by Gasteiger charge is -2.07. The lowest BCUT2D eigenvalue weighted by Crippen LogP contribution is -2.22. The molecule has 1 rings (SSSR count). The third-order valence-electron chi connectivity index (χ3n) is 2.67. The minimum absolute atomic E-state index is 0.194. The summed E-state index contributed by atoms with van der Waals surface area (Å²) in [6.07, 6.45) is 0.789. The number of nitro groups is 1. The van der Waals surface area contributed by atoms with E-state index in [0.717, 1.165) is 30.6 Å². The van der Waals surface area contributed by atoms with Gasteiger partial charge >= 0.3 is 0 Å². The Morgan fingerprint density at radius 1 is 1.41 bits per heavy atom. The summed E-state index contributed by atoms with van der Waals surface area (Å²) < 4.78 is 4.92. The number of hydrogen-bond acceptors (Lipinski definition) is 4. The fraction of sp³-hybridized carbons (Fsp3) is 0.500. The Morgan fingerprint density at radius 3 is 2.82 bits per heavy atom. The summed E-state index contributed by atoms with van der Waals surface area (Å²) in [7, 11) is 1.66. The molecule has 0 radical (unpaired) electrons. The second-order valence-corrected chi connectivity index (χ2v) is 3.81. The lowest BCUT2D eigenvalue weighted by molar-refractivity contribution is -0.385. The number of nitrogens with zero attached hydrogens (tertiary/aromatic N) is 1. The zero-order chi connectivity index (χ0) is 12.7. The maximum atomic E-state index is 10.8. The van der Waals surface area contributed by atoms with Crippen molar-refractivity contribution in [1.29, 1.82) is 0 Å². The quantitative estimate of drug-likeness (QED) is 0.446. The molecule has 0 amide bonds. The summed E-state index contributed by atoms with van der Waals surface area (Å²) in [5, 5.41) is 14.0. The van der Waals surface area contributed by atoms with Crippen LogP contribution in [0, 0.1) is 17.0 Å². The monoisotopic (exact) mass is 238 g/mol. The van der Waals surface area contributed by atoms with E-state index in [4.69, 9.17) is 4.74 Å². The number of methoxy groups -OCH3 is 1. The van der Waals surface area contributed by atoms with E-state index in [1.165, 1.54) is 6.07 Å². The van der Waals surface area contributed by atoms with Crippen LogP contribution < -0.4 is 5.32 Å². The molecule has 0 unspecified atom stereocenters. The molecule has 17 heavy (non-hydrogen) atoms. The van der Waals surface area contributed by atoms with Gasteiger partial charge in [0.2, 0.25) is 0 Å². The molecule has 1 aromatic rings. The lowest BCUT2D eigenvalue weighted by atomic mass is 10.0. The summed E-state index contributed by atoms with van der Waals surface area (Å²) in [6.45, 7) is 4.06. The second kappa shape index (κ2) is 6.98. The molecule has 0 bridgehead atoms. The van der Waals surface area contributed by atoms with Crippen LogP contribution in [-0.4, -0.2) is 31.7 Å². The van der Waals surface area contributed by atoms with Gasteiger partial charge in [0, 0.05) is 25.3 Å². The maximum Gasteiger partial charge on any atom is 0.272 e. The Bertz CT molecular complexity index is 380. The van der Waals surface area contributed by atoms with Gasteiger partial charge in [-0.1, -0.05) is 12.1 Å². The molecular formula is C12H18N2O3. The van der Waals surface area contributed by atoms with Gasteiger partial charge in [-0.2, -0.15) is 0 Å². The molecule has 0 heterocycles. The zero-order valence-corrected chi connectivity index (χ0v) is 10.2. The molecule has 1 aromatic carbocycles. The van der Waals surface area contributed by atoms with E-state index in [1.807, 2.05) is 6.07 Å². The van der Waals surface area contributed by atoms with Crippen LogP contribution in [0.25, 0.3) is 0 Å². The summed E-state index contributed by atoms with van der Waals surface area (Å²) >= 11 is 0. The van der Waals surface area contributed by atoms with Crippen LogP contribution >= 0.6 is 0 Å². The van der Waals surface area contributed by atoms with Crippen molar-refractivity contribution in [2.24, 2.45) is 0 Å². The maximum absolute atomic E-state index is 10.8. The standard InChI is InChI=1S/C12H18N2O3/c1-10-11(6-7-13-8-9-17-2)4-3-5-12(10)14(15)16/h3-5,13H,6-9H2,1-2H3. The van der Waals surface area contributed by atoms with Crippen molar-refractivity contribution in [1.82, 2.24) is 5.32 Å². The second-order valence-electron chi connectivity index (χ2n) is 3.81. The van der Waals surface area contributed by atoms with Crippen molar-refractivity contribution in [3.63, 3.8) is 0 Å². The topological polar surface area (TPSA) is 64.4 Å². The van der Waals surface area contributed by atoms with Gasteiger partial charge in [-0.05, 0) is 25.5 Å². The zero-order valence-electron chi connectivity index (χ0n) is 10.2. The molecule has 0 aliphatic heterocycles. The number of nitrogens with one attached hydrogen (secondary N) is 1. The highest BCUT2D eigenvalue weighted by molar-refractivity contribution is 5.44. The molecule has 0 aliphatic rings. The fourth-order valence-corrected chi connectivity index (χ4v) is 1.66. The van der Waals surface area contributed by atoms with Crippen molar-refractivity contribution in [3.05, 3.63) is 39.4 Å². The molecule has 0 aliphatic carbocycles. The van der Waals surface area contributed by atoms with Crippen LogP contribution in [0.5, 0.6) is 0 Å². The SMILES string of the molecule is COCCNCCc1cccc([N+](=O)[O-])c1C. The largest absolute Gasteiger partial charge is 0.383 e. The Kier molecular flexibility index (Phi) is 5.59. The van der Waals surface area contributed by atoms with Gasteiger partial charge in [-0.25, -0.2) is 0 Å². The van der Waals surface area contributed by atoms with E-state index in [1.54, 1.807) is 20.1 Å². The van der Waals surface area contributed by atoms with Crippen LogP contribution in [-0.2, 0) is 11.2 Å². The third-order valence-corrected chi connectivity index (χ3v) is 2.67. The number of ether oxygens (including phenoxy) is 1. The molecule has 1 N–H and O–H groups in total. The van der Waals surface area contributed by atoms with Crippen molar-refractivity contribution >= 4 is 5.69 Å². The van der Waals surface area contributed by atoms with Crippen LogP contribution in [0.2, 0.25) is 0 Å². The number of benzene rings is 1. The molecule has 5 heteroatoms. The summed E-state index contributed by atoms with van der Waals surface area (Å²) in [5.41, 5.74) is 1.97. The van der Waals surface area contributed by atoms with Crippen molar-refractivity contribution < 1.29 is 9.66 Å². The highest BCUT2D eigenvalue weighted by Crippen LogP contribution is 2.21. The smallest absolute Gasteiger partial charge is 0.272 e. The first-order chi connectivity index (χ1) is 8.16. The molecule has 5 nitrogen and oxygen atoms in total. The normalized spacial score (nSPS) is 10.5. The van der Waals surface area contributed by atoms with Gasteiger partial charge in [0.1, 0.15) is 0 Å². The molecule has 0 atom stereocenters. The Morgan fingerprint density at radius 2 is 2.18 bits per heavy atom. The Hall–Kier alpha value is -1.46. The molecule has 0 saturated carbocycles. The van der Waals surface area contributed by atoms with Gasteiger partial charge in [0.05, 0.1) is 11.5 Å². The Balaban J connectivity index is 2.54. The summed E-state index contributed by atoms with van der Waals surface area (Å²) in [4.78, 5) is 10.4. The van der Waals surface area contributed by atoms with E-state index in [9.17, 15) is 10.1 Å². The molecule has 0 saturated heterocycles. The van der Waals surface area contributed by atoms with Crippen LogP contribution in [0.4, 0.5) is 5.69 Å². The molecule has 94 valence electrons. The van der Waals surface area contributed by atoms with Crippen LogP contribution in [0.3, 0.4) is 0 Å². The van der Waals surface area contributed by atoms with Crippen molar-refractivity contribution in [2.75, 3.05) is 26.8 Å². The predicted molar refractivity (Wildman–Crippen MR) is 66.3 cm³/mol. The average molecular weight is 238 g/mol. The van der Waals surface area contributed by atoms with E-state index in [2.05, 4.69) is 5.32 Å². The summed E-state index contributed by atoms with van der Waals surface area (Å²) in [5.74, 6) is 0. The van der Waals surface area contributed by atoms with Crippen LogP contribution in [0.15, 0.2) is 18.2 Å². The highest BCUT2D eigenvalue weighted by Gasteiger charge is 2.12. The first-order valence-electron chi connectivity index (χ1n) is 5.59. The Labute approximate surface area is 101 Å². The highest BCUT2D eigenvalue weighted by atomic mass is 16.6. The van der Waals surface area contributed by atoms with E-state index >= 15 is 0 Å². The van der Waals surface area contributed by atoms with E-state index < -0.39 is 0 Å². The fourth-order valence-electron chi connectivity index (χ4n) is 1.66. The minimum Gasteiger partial charge on any atom is -0.383 e. The van der Waals surface area contributed by atoms with E-state index in [-0.39, 0.29) is 10.6 Å². The number of rotatable bonds is 7. The molecule has 0 aromatic heterocycles. The van der Waals surface area contributed by atoms with Gasteiger partial charge < -0.3 is 10.1 Å². The van der Waals surface area contributed by atoms with E-state index in [0.29, 0.717) is 6.61 Å². The first-order valence-corrected chi connectivity index (χ1v) is 5.59.